The highest BCUT2D eigenvalue weighted by atomic mass is 16.4. The number of aliphatic carboxylic acids is 1. The van der Waals surface area contributed by atoms with E-state index in [0.717, 1.165) is 24.0 Å². The highest BCUT2D eigenvalue weighted by Crippen LogP contribution is 2.45. The third-order valence-corrected chi connectivity index (χ3v) is 6.19. The summed E-state index contributed by atoms with van der Waals surface area (Å²) in [4.78, 5) is 11.6. The van der Waals surface area contributed by atoms with Crippen LogP contribution in [-0.2, 0) is 15.6 Å². The van der Waals surface area contributed by atoms with Gasteiger partial charge in [0.1, 0.15) is 5.75 Å². The van der Waals surface area contributed by atoms with E-state index in [4.69, 9.17) is 0 Å². The lowest BCUT2D eigenvalue weighted by atomic mass is 9.74. The molecule has 0 aliphatic carbocycles. The topological polar surface area (TPSA) is 57.5 Å². The van der Waals surface area contributed by atoms with Crippen molar-refractivity contribution >= 4 is 11.5 Å². The van der Waals surface area contributed by atoms with Crippen molar-refractivity contribution in [2.75, 3.05) is 0 Å². The standard InChI is InChI=1S/C25H32O3/c1-8-24(4,5)17-14-20(22(26)21(15-17)25(6,7)9-2)19-13-11-10-12-18(19)16(3)23(27)28/h10-15,26H,3,8-9H2,1-2,4-7H3,(H,27,28). The van der Waals surface area contributed by atoms with Gasteiger partial charge in [-0.25, -0.2) is 4.79 Å². The van der Waals surface area contributed by atoms with Gasteiger partial charge in [-0.2, -0.15) is 0 Å². The van der Waals surface area contributed by atoms with Crippen LogP contribution in [0.5, 0.6) is 5.75 Å². The fraction of sp³-hybridized carbons (Fsp3) is 0.400. The number of hydrogen-bond acceptors (Lipinski definition) is 2. The Morgan fingerprint density at radius 3 is 2.07 bits per heavy atom. The molecule has 2 aromatic carbocycles. The van der Waals surface area contributed by atoms with Crippen molar-refractivity contribution in [3.8, 4) is 16.9 Å². The van der Waals surface area contributed by atoms with Crippen LogP contribution in [0.2, 0.25) is 0 Å². The molecule has 0 spiro atoms. The van der Waals surface area contributed by atoms with Crippen molar-refractivity contribution in [3.63, 3.8) is 0 Å². The number of phenolic OH excluding ortho intramolecular Hbond substituents is 1. The lowest BCUT2D eigenvalue weighted by molar-refractivity contribution is -0.130. The normalized spacial score (nSPS) is 12.1. The predicted molar refractivity (Wildman–Crippen MR) is 117 cm³/mol. The fourth-order valence-electron chi connectivity index (χ4n) is 3.24. The first-order valence-electron chi connectivity index (χ1n) is 9.86. The Morgan fingerprint density at radius 1 is 0.964 bits per heavy atom. The van der Waals surface area contributed by atoms with Crippen molar-refractivity contribution < 1.29 is 15.0 Å². The maximum absolute atomic E-state index is 11.6. The summed E-state index contributed by atoms with van der Waals surface area (Å²) in [6.07, 6.45) is 1.83. The Morgan fingerprint density at radius 2 is 1.54 bits per heavy atom. The molecule has 0 heterocycles. The first-order chi connectivity index (χ1) is 13.0. The second-order valence-corrected chi connectivity index (χ2v) is 8.72. The Balaban J connectivity index is 2.89. The van der Waals surface area contributed by atoms with E-state index in [-0.39, 0.29) is 22.2 Å². The lowest BCUT2D eigenvalue weighted by Gasteiger charge is -2.31. The Labute approximate surface area is 168 Å². The van der Waals surface area contributed by atoms with Gasteiger partial charge in [-0.15, -0.1) is 0 Å². The molecule has 0 amide bonds. The average molecular weight is 381 g/mol. The second kappa shape index (κ2) is 7.83. The van der Waals surface area contributed by atoms with Gasteiger partial charge in [0.05, 0.1) is 5.57 Å². The molecule has 0 atom stereocenters. The Bertz CT molecular complexity index is 904. The third-order valence-electron chi connectivity index (χ3n) is 6.19. The number of benzene rings is 2. The molecule has 0 saturated heterocycles. The zero-order chi connectivity index (χ0) is 21.3. The predicted octanol–water partition coefficient (Wildman–Crippen LogP) is 6.53. The van der Waals surface area contributed by atoms with Gasteiger partial charge >= 0.3 is 5.97 Å². The van der Waals surface area contributed by atoms with Crippen molar-refractivity contribution in [1.82, 2.24) is 0 Å². The molecule has 0 unspecified atom stereocenters. The summed E-state index contributed by atoms with van der Waals surface area (Å²) in [6.45, 7) is 16.6. The Hall–Kier alpha value is -2.55. The van der Waals surface area contributed by atoms with Gasteiger partial charge < -0.3 is 10.2 Å². The van der Waals surface area contributed by atoms with E-state index >= 15 is 0 Å². The van der Waals surface area contributed by atoms with E-state index in [9.17, 15) is 15.0 Å². The molecule has 2 aromatic rings. The number of phenols is 1. The van der Waals surface area contributed by atoms with Gasteiger partial charge in [-0.05, 0) is 46.4 Å². The van der Waals surface area contributed by atoms with Crippen molar-refractivity contribution in [2.24, 2.45) is 0 Å². The molecule has 2 rings (SSSR count). The molecule has 28 heavy (non-hydrogen) atoms. The molecule has 3 heteroatoms. The van der Waals surface area contributed by atoms with E-state index in [1.54, 1.807) is 12.1 Å². The molecule has 0 aromatic heterocycles. The molecule has 150 valence electrons. The molecule has 0 saturated carbocycles. The monoisotopic (exact) mass is 380 g/mol. The maximum Gasteiger partial charge on any atom is 0.335 e. The highest BCUT2D eigenvalue weighted by Gasteiger charge is 2.29. The zero-order valence-electron chi connectivity index (χ0n) is 17.9. The van der Waals surface area contributed by atoms with Crippen LogP contribution in [0.3, 0.4) is 0 Å². The van der Waals surface area contributed by atoms with Gasteiger partial charge in [0.25, 0.3) is 0 Å². The summed E-state index contributed by atoms with van der Waals surface area (Å²) >= 11 is 0. The van der Waals surface area contributed by atoms with Gasteiger partial charge in [0.2, 0.25) is 0 Å². The van der Waals surface area contributed by atoms with Crippen LogP contribution in [0.4, 0.5) is 0 Å². The third kappa shape index (κ3) is 3.99. The minimum Gasteiger partial charge on any atom is -0.507 e. The molecule has 0 radical (unpaired) electrons. The van der Waals surface area contributed by atoms with Crippen LogP contribution in [-0.4, -0.2) is 16.2 Å². The van der Waals surface area contributed by atoms with Crippen LogP contribution < -0.4 is 0 Å². The number of carbonyl (C=O) groups is 1. The minimum atomic E-state index is -1.06. The number of rotatable bonds is 7. The van der Waals surface area contributed by atoms with Crippen LogP contribution in [0.15, 0.2) is 43.0 Å². The van der Waals surface area contributed by atoms with Gasteiger partial charge in [0.15, 0.2) is 0 Å². The number of carboxylic acids is 1. The first-order valence-corrected chi connectivity index (χ1v) is 9.86. The SMILES string of the molecule is C=C(C(=O)O)c1ccccc1-c1cc(C(C)(C)CC)cc(C(C)(C)CC)c1O. The lowest BCUT2D eigenvalue weighted by Crippen LogP contribution is -2.20. The van der Waals surface area contributed by atoms with Gasteiger partial charge in [-0.3, -0.25) is 0 Å². The van der Waals surface area contributed by atoms with E-state index in [0.29, 0.717) is 16.7 Å². The van der Waals surface area contributed by atoms with Crippen molar-refractivity contribution in [3.05, 3.63) is 59.7 Å². The van der Waals surface area contributed by atoms with Gasteiger partial charge in [-0.1, -0.05) is 78.5 Å². The van der Waals surface area contributed by atoms with E-state index in [2.05, 4.69) is 54.2 Å². The van der Waals surface area contributed by atoms with Gasteiger partial charge in [0, 0.05) is 11.1 Å². The number of hydrogen-bond donors (Lipinski definition) is 2. The molecule has 2 N–H and O–H groups in total. The summed E-state index contributed by atoms with van der Waals surface area (Å²) < 4.78 is 0. The number of aromatic hydroxyl groups is 1. The zero-order valence-corrected chi connectivity index (χ0v) is 17.9. The molecule has 0 fully saturated rings. The summed E-state index contributed by atoms with van der Waals surface area (Å²) in [5.74, 6) is -0.848. The molecule has 0 aliphatic heterocycles. The van der Waals surface area contributed by atoms with Crippen molar-refractivity contribution in [1.29, 1.82) is 0 Å². The van der Waals surface area contributed by atoms with Crippen LogP contribution in [0, 0.1) is 0 Å². The molecule has 3 nitrogen and oxygen atoms in total. The summed E-state index contributed by atoms with van der Waals surface area (Å²) in [7, 11) is 0. The molecular formula is C25H32O3. The number of carboxylic acid groups (broad SMARTS) is 1. The summed E-state index contributed by atoms with van der Waals surface area (Å²) in [5, 5.41) is 20.7. The fourth-order valence-corrected chi connectivity index (χ4v) is 3.24. The highest BCUT2D eigenvalue weighted by molar-refractivity contribution is 6.16. The van der Waals surface area contributed by atoms with E-state index < -0.39 is 5.97 Å². The van der Waals surface area contributed by atoms with Crippen LogP contribution in [0.25, 0.3) is 16.7 Å². The smallest absolute Gasteiger partial charge is 0.335 e. The van der Waals surface area contributed by atoms with E-state index in [1.165, 1.54) is 0 Å². The molecular weight excluding hydrogens is 348 g/mol. The molecule has 0 bridgehead atoms. The van der Waals surface area contributed by atoms with Crippen LogP contribution in [0.1, 0.15) is 71.1 Å². The van der Waals surface area contributed by atoms with E-state index in [1.807, 2.05) is 18.2 Å². The first kappa shape index (κ1) is 21.7. The van der Waals surface area contributed by atoms with Crippen LogP contribution >= 0.6 is 0 Å². The quantitative estimate of drug-likeness (QED) is 0.537. The Kier molecular flexibility index (Phi) is 6.08. The maximum atomic E-state index is 11.6. The second-order valence-electron chi connectivity index (χ2n) is 8.72. The van der Waals surface area contributed by atoms with Crippen molar-refractivity contribution in [2.45, 2.75) is 65.2 Å². The molecule has 0 aliphatic rings. The average Bonchev–Trinajstić information content (AvgIpc) is 2.67. The minimum absolute atomic E-state index is 0.0199. The summed E-state index contributed by atoms with van der Waals surface area (Å²) in [5.41, 5.74) is 3.64. The largest absolute Gasteiger partial charge is 0.507 e. The summed E-state index contributed by atoms with van der Waals surface area (Å²) in [6, 6.07) is 11.4.